The van der Waals surface area contributed by atoms with E-state index in [1.807, 2.05) is 24.1 Å². The fraction of sp³-hybridized carbons (Fsp3) is 0.565. The Morgan fingerprint density at radius 2 is 1.93 bits per heavy atom. The normalized spacial score (nSPS) is 24.6. The van der Waals surface area contributed by atoms with E-state index < -0.39 is 0 Å². The lowest BCUT2D eigenvalue weighted by molar-refractivity contribution is -0.125. The van der Waals surface area contributed by atoms with Crippen molar-refractivity contribution in [3.05, 3.63) is 53.9 Å². The Morgan fingerprint density at radius 3 is 2.61 bits per heavy atom. The van der Waals surface area contributed by atoms with E-state index in [1.165, 1.54) is 31.2 Å². The van der Waals surface area contributed by atoms with Crippen LogP contribution in [-0.2, 0) is 17.3 Å². The summed E-state index contributed by atoms with van der Waals surface area (Å²) < 4.78 is 1.82. The largest absolute Gasteiger partial charge is 0.355 e. The predicted molar refractivity (Wildman–Crippen MR) is 111 cm³/mol. The maximum atomic E-state index is 13.2. The third-order valence-electron chi connectivity index (χ3n) is 6.75. The Labute approximate surface area is 167 Å². The summed E-state index contributed by atoms with van der Waals surface area (Å²) in [5.74, 6) is 0.358. The van der Waals surface area contributed by atoms with Crippen LogP contribution in [-0.4, -0.2) is 35.3 Å². The van der Waals surface area contributed by atoms with Gasteiger partial charge in [-0.2, -0.15) is 5.10 Å². The highest BCUT2D eigenvalue weighted by atomic mass is 16.1. The van der Waals surface area contributed by atoms with Gasteiger partial charge in [0.15, 0.2) is 0 Å². The van der Waals surface area contributed by atoms with Crippen molar-refractivity contribution in [3.63, 3.8) is 0 Å². The molecule has 1 aliphatic carbocycles. The molecule has 1 saturated carbocycles. The van der Waals surface area contributed by atoms with Crippen LogP contribution in [0.2, 0.25) is 0 Å². The zero-order chi connectivity index (χ0) is 19.4. The maximum absolute atomic E-state index is 13.2. The van der Waals surface area contributed by atoms with Crippen LogP contribution < -0.4 is 10.6 Å². The molecule has 5 nitrogen and oxygen atoms in total. The quantitative estimate of drug-likeness (QED) is 0.784. The fourth-order valence-electron chi connectivity index (χ4n) is 5.09. The summed E-state index contributed by atoms with van der Waals surface area (Å²) in [6.45, 7) is 2.32. The smallest absolute Gasteiger partial charge is 0.225 e. The zero-order valence-corrected chi connectivity index (χ0v) is 16.9. The molecule has 1 aromatic heterocycles. The van der Waals surface area contributed by atoms with Gasteiger partial charge in [-0.25, -0.2) is 0 Å². The molecule has 1 aromatic carbocycles. The third-order valence-corrected chi connectivity index (χ3v) is 6.75. The van der Waals surface area contributed by atoms with Crippen LogP contribution in [0.1, 0.15) is 55.6 Å². The highest BCUT2D eigenvalue weighted by molar-refractivity contribution is 5.80. The average molecular weight is 381 g/mol. The second-order valence-electron chi connectivity index (χ2n) is 8.60. The lowest BCUT2D eigenvalue weighted by Gasteiger charge is -2.34. The van der Waals surface area contributed by atoms with Gasteiger partial charge in [-0.3, -0.25) is 9.48 Å². The summed E-state index contributed by atoms with van der Waals surface area (Å²) >= 11 is 0. The van der Waals surface area contributed by atoms with Crippen molar-refractivity contribution >= 4 is 5.91 Å². The molecule has 1 saturated heterocycles. The van der Waals surface area contributed by atoms with E-state index in [9.17, 15) is 4.79 Å². The molecule has 2 N–H and O–H groups in total. The number of rotatable bonds is 5. The van der Waals surface area contributed by atoms with Crippen LogP contribution >= 0.6 is 0 Å². The second-order valence-corrected chi connectivity index (χ2v) is 8.60. The highest BCUT2D eigenvalue weighted by Crippen LogP contribution is 2.38. The first kappa shape index (κ1) is 19.2. The van der Waals surface area contributed by atoms with Crippen molar-refractivity contribution in [2.24, 2.45) is 13.0 Å². The SMILES string of the molecule is Cn1cc([C@H]2CNC[C@@H]2C(=O)NCC2(c3ccccc3)CCCCCC2)cn1. The molecule has 2 atom stereocenters. The minimum atomic E-state index is -0.0252. The molecule has 0 bridgehead atoms. The molecule has 1 amide bonds. The summed E-state index contributed by atoms with van der Waals surface area (Å²) in [7, 11) is 1.93. The topological polar surface area (TPSA) is 59.0 Å². The van der Waals surface area contributed by atoms with Gasteiger partial charge in [-0.05, 0) is 24.0 Å². The molecular formula is C23H32N4O. The van der Waals surface area contributed by atoms with E-state index in [-0.39, 0.29) is 23.2 Å². The molecule has 2 heterocycles. The van der Waals surface area contributed by atoms with E-state index in [0.717, 1.165) is 38.0 Å². The number of hydrogen-bond acceptors (Lipinski definition) is 3. The second kappa shape index (κ2) is 8.48. The monoisotopic (exact) mass is 380 g/mol. The van der Waals surface area contributed by atoms with Crippen molar-refractivity contribution < 1.29 is 4.79 Å². The first-order chi connectivity index (χ1) is 13.7. The van der Waals surface area contributed by atoms with Gasteiger partial charge in [0.1, 0.15) is 0 Å². The molecule has 2 fully saturated rings. The van der Waals surface area contributed by atoms with Gasteiger partial charge in [-0.1, -0.05) is 56.0 Å². The van der Waals surface area contributed by atoms with Gasteiger partial charge in [0.2, 0.25) is 5.91 Å². The molecule has 0 unspecified atom stereocenters. The van der Waals surface area contributed by atoms with Crippen LogP contribution in [0.5, 0.6) is 0 Å². The predicted octanol–water partition coefficient (Wildman–Crippen LogP) is 3.13. The number of carbonyl (C=O) groups is 1. The Balaban J connectivity index is 1.48. The van der Waals surface area contributed by atoms with Gasteiger partial charge in [0, 0.05) is 44.2 Å². The lowest BCUT2D eigenvalue weighted by Crippen LogP contribution is -2.44. The van der Waals surface area contributed by atoms with Gasteiger partial charge < -0.3 is 10.6 Å². The molecule has 0 radical (unpaired) electrons. The molecule has 28 heavy (non-hydrogen) atoms. The van der Waals surface area contributed by atoms with E-state index in [0.29, 0.717) is 0 Å². The van der Waals surface area contributed by atoms with E-state index in [1.54, 1.807) is 0 Å². The lowest BCUT2D eigenvalue weighted by atomic mass is 9.74. The first-order valence-electron chi connectivity index (χ1n) is 10.7. The summed E-state index contributed by atoms with van der Waals surface area (Å²) in [5.41, 5.74) is 2.61. The van der Waals surface area contributed by atoms with Crippen LogP contribution in [0.15, 0.2) is 42.7 Å². The van der Waals surface area contributed by atoms with E-state index in [4.69, 9.17) is 0 Å². The highest BCUT2D eigenvalue weighted by Gasteiger charge is 2.37. The van der Waals surface area contributed by atoms with Crippen molar-refractivity contribution in [2.75, 3.05) is 19.6 Å². The number of aromatic nitrogens is 2. The van der Waals surface area contributed by atoms with Crippen LogP contribution in [0, 0.1) is 5.92 Å². The number of carbonyl (C=O) groups excluding carboxylic acids is 1. The number of amides is 1. The molecule has 0 spiro atoms. The van der Waals surface area contributed by atoms with Crippen molar-refractivity contribution in [1.29, 1.82) is 0 Å². The first-order valence-corrected chi connectivity index (χ1v) is 10.7. The molecule has 2 aliphatic rings. The van der Waals surface area contributed by atoms with Gasteiger partial charge in [0.05, 0.1) is 12.1 Å². The molecular weight excluding hydrogens is 348 g/mol. The third kappa shape index (κ3) is 4.00. The molecule has 150 valence electrons. The number of nitrogens with one attached hydrogen (secondary N) is 2. The Kier molecular flexibility index (Phi) is 5.81. The van der Waals surface area contributed by atoms with Crippen molar-refractivity contribution in [1.82, 2.24) is 20.4 Å². The molecule has 4 rings (SSSR count). The summed E-state index contributed by atoms with van der Waals surface area (Å²) in [6, 6.07) is 10.8. The van der Waals surface area contributed by atoms with Crippen LogP contribution in [0.25, 0.3) is 0 Å². The van der Waals surface area contributed by atoms with Gasteiger partial charge in [0.25, 0.3) is 0 Å². The molecule has 1 aliphatic heterocycles. The number of nitrogens with zero attached hydrogens (tertiary/aromatic N) is 2. The molecule has 2 aromatic rings. The average Bonchev–Trinajstić information content (AvgIpc) is 3.30. The summed E-state index contributed by atoms with van der Waals surface area (Å²) in [5, 5.41) is 11.1. The van der Waals surface area contributed by atoms with Crippen molar-refractivity contribution in [3.8, 4) is 0 Å². The minimum Gasteiger partial charge on any atom is -0.355 e. The van der Waals surface area contributed by atoms with Crippen LogP contribution in [0.3, 0.4) is 0 Å². The fourth-order valence-corrected chi connectivity index (χ4v) is 5.09. The van der Waals surface area contributed by atoms with Crippen LogP contribution in [0.4, 0.5) is 0 Å². The Hall–Kier alpha value is -2.14. The minimum absolute atomic E-state index is 0.0252. The zero-order valence-electron chi connectivity index (χ0n) is 16.9. The number of benzene rings is 1. The van der Waals surface area contributed by atoms with Gasteiger partial charge in [-0.15, -0.1) is 0 Å². The summed E-state index contributed by atoms with van der Waals surface area (Å²) in [6.07, 6.45) is 11.3. The Morgan fingerprint density at radius 1 is 1.18 bits per heavy atom. The number of hydrogen-bond donors (Lipinski definition) is 2. The number of aryl methyl sites for hydroxylation is 1. The van der Waals surface area contributed by atoms with Gasteiger partial charge >= 0.3 is 0 Å². The maximum Gasteiger partial charge on any atom is 0.225 e. The Bertz CT molecular complexity index is 777. The summed E-state index contributed by atoms with van der Waals surface area (Å²) in [4.78, 5) is 13.2. The standard InChI is InChI=1S/C23H32N4O/c1-27-16-18(13-26-27)20-14-24-15-21(20)22(28)25-17-23(11-7-2-3-8-12-23)19-9-5-4-6-10-19/h4-6,9-10,13,16,20-21,24H,2-3,7-8,11-12,14-15,17H2,1H3,(H,25,28)/t20-,21+/m1/s1. The van der Waals surface area contributed by atoms with E-state index in [2.05, 4.69) is 46.1 Å². The van der Waals surface area contributed by atoms with E-state index >= 15 is 0 Å². The van der Waals surface area contributed by atoms with Crippen molar-refractivity contribution in [2.45, 2.75) is 49.9 Å². The molecule has 5 heteroatoms.